The molecule has 0 saturated heterocycles. The van der Waals surface area contributed by atoms with Gasteiger partial charge in [-0.15, -0.1) is 10.2 Å². The van der Waals surface area contributed by atoms with Crippen LogP contribution in [0.4, 0.5) is 11.4 Å². The number of nitrogens with two attached hydrogens (primary N) is 1. The minimum Gasteiger partial charge on any atom is -0.373 e. The molecule has 0 spiro atoms. The molecule has 8 nitrogen and oxygen atoms in total. The lowest BCUT2D eigenvalue weighted by atomic mass is 10.2. The van der Waals surface area contributed by atoms with Gasteiger partial charge in [0.1, 0.15) is 5.69 Å². The molecule has 0 fully saturated rings. The molecule has 1 aliphatic heterocycles. The number of rotatable bonds is 2. The highest BCUT2D eigenvalue weighted by atomic mass is 32.1. The van der Waals surface area contributed by atoms with Crippen LogP contribution in [-0.2, 0) is 0 Å². The van der Waals surface area contributed by atoms with E-state index in [-0.39, 0.29) is 10.8 Å². The van der Waals surface area contributed by atoms with Crippen molar-refractivity contribution in [1.82, 2.24) is 9.97 Å². The van der Waals surface area contributed by atoms with Crippen molar-refractivity contribution in [3.63, 3.8) is 0 Å². The average molecular weight is 350 g/mol. The number of benzene rings is 2. The van der Waals surface area contributed by atoms with Gasteiger partial charge in [-0.25, -0.2) is 4.98 Å². The van der Waals surface area contributed by atoms with Crippen LogP contribution in [0.15, 0.2) is 52.7 Å². The summed E-state index contributed by atoms with van der Waals surface area (Å²) in [6.45, 7) is 0. The summed E-state index contributed by atoms with van der Waals surface area (Å²) >= 11 is 4.75. The van der Waals surface area contributed by atoms with E-state index in [4.69, 9.17) is 18.0 Å². The number of nitro benzene ring substituents is 1. The number of fused-ring (bicyclic) bond motifs is 4. The van der Waals surface area contributed by atoms with Gasteiger partial charge in [-0.05, 0) is 18.3 Å². The SMILES string of the molecule is NC(=S)N=Nc1c2[nH]c3cc([N+](=O)[O-])ccc3nc-2c2ccccc12. The molecule has 0 amide bonds. The van der Waals surface area contributed by atoms with E-state index in [0.717, 1.165) is 10.8 Å². The van der Waals surface area contributed by atoms with Gasteiger partial charge in [0, 0.05) is 22.9 Å². The molecule has 3 N–H and O–H groups in total. The first kappa shape index (κ1) is 15.1. The normalized spacial score (nSPS) is 11.7. The summed E-state index contributed by atoms with van der Waals surface area (Å²) < 4.78 is 0. The smallest absolute Gasteiger partial charge is 0.271 e. The van der Waals surface area contributed by atoms with Crippen LogP contribution in [0.25, 0.3) is 33.2 Å². The number of nitrogens with zero attached hydrogens (tertiary/aromatic N) is 4. The summed E-state index contributed by atoms with van der Waals surface area (Å²) in [5.74, 6) is 0. The fourth-order valence-electron chi connectivity index (χ4n) is 2.81. The average Bonchev–Trinajstić information content (AvgIpc) is 2.90. The minimum absolute atomic E-state index is 0.0210. The van der Waals surface area contributed by atoms with E-state index in [1.54, 1.807) is 6.07 Å². The monoisotopic (exact) mass is 350 g/mol. The number of aromatic amines is 1. The molecule has 0 saturated carbocycles. The van der Waals surface area contributed by atoms with E-state index in [1.165, 1.54) is 12.1 Å². The Hall–Kier alpha value is -3.46. The maximum Gasteiger partial charge on any atom is 0.271 e. The maximum absolute atomic E-state index is 11.0. The van der Waals surface area contributed by atoms with Gasteiger partial charge in [0.15, 0.2) is 0 Å². The van der Waals surface area contributed by atoms with Crippen LogP contribution in [0, 0.1) is 10.1 Å². The van der Waals surface area contributed by atoms with Crippen LogP contribution in [-0.4, -0.2) is 20.0 Å². The van der Waals surface area contributed by atoms with Crippen molar-refractivity contribution >= 4 is 50.5 Å². The second-order valence-electron chi connectivity index (χ2n) is 5.35. The van der Waals surface area contributed by atoms with Crippen molar-refractivity contribution in [2.75, 3.05) is 0 Å². The largest absolute Gasteiger partial charge is 0.373 e. The van der Waals surface area contributed by atoms with Crippen molar-refractivity contribution in [1.29, 1.82) is 0 Å². The van der Waals surface area contributed by atoms with Crippen molar-refractivity contribution < 1.29 is 4.92 Å². The number of aromatic nitrogens is 2. The quantitative estimate of drug-likeness (QED) is 0.244. The van der Waals surface area contributed by atoms with Crippen LogP contribution < -0.4 is 5.73 Å². The predicted octanol–water partition coefficient (Wildman–Crippen LogP) is 4.06. The molecule has 25 heavy (non-hydrogen) atoms. The topological polar surface area (TPSA) is 123 Å². The first-order valence-electron chi connectivity index (χ1n) is 7.24. The molecular formula is C16H10N6O2S. The molecule has 2 aromatic rings. The van der Waals surface area contributed by atoms with Gasteiger partial charge >= 0.3 is 0 Å². The fraction of sp³-hybridized carbons (Fsp3) is 0. The van der Waals surface area contributed by atoms with Gasteiger partial charge in [-0.3, -0.25) is 10.1 Å². The Morgan fingerprint density at radius 2 is 2.00 bits per heavy atom. The summed E-state index contributed by atoms with van der Waals surface area (Å²) in [5.41, 5.74) is 8.40. The standard InChI is InChI=1S/C16H10N6O2S/c17-16(25)21-20-14-10-4-2-1-3-9(10)13-15(14)19-12-7-8(22(23)24)5-6-11(12)18-13/h1-7,19H,(H2,17,25). The highest BCUT2D eigenvalue weighted by molar-refractivity contribution is 7.80. The Bertz CT molecular complexity index is 1170. The summed E-state index contributed by atoms with van der Waals surface area (Å²) in [6, 6.07) is 12.1. The molecule has 0 radical (unpaired) electrons. The van der Waals surface area contributed by atoms with Crippen LogP contribution in [0.5, 0.6) is 0 Å². The van der Waals surface area contributed by atoms with Crippen molar-refractivity contribution in [3.8, 4) is 11.4 Å². The van der Waals surface area contributed by atoms with Gasteiger partial charge in [-0.1, -0.05) is 24.3 Å². The van der Waals surface area contributed by atoms with Crippen LogP contribution in [0.2, 0.25) is 0 Å². The summed E-state index contributed by atoms with van der Waals surface area (Å²) in [7, 11) is 0. The Kier molecular flexibility index (Phi) is 3.36. The Labute approximate surface area is 145 Å². The predicted molar refractivity (Wildman–Crippen MR) is 98.2 cm³/mol. The second-order valence-corrected chi connectivity index (χ2v) is 5.77. The van der Waals surface area contributed by atoms with E-state index >= 15 is 0 Å². The van der Waals surface area contributed by atoms with Gasteiger partial charge in [-0.2, -0.15) is 0 Å². The van der Waals surface area contributed by atoms with Gasteiger partial charge in [0.05, 0.1) is 27.3 Å². The molecule has 122 valence electrons. The van der Waals surface area contributed by atoms with Crippen molar-refractivity contribution in [3.05, 3.63) is 52.6 Å². The lowest BCUT2D eigenvalue weighted by Crippen LogP contribution is -2.01. The Balaban J connectivity index is 2.09. The zero-order chi connectivity index (χ0) is 17.6. The first-order chi connectivity index (χ1) is 12.0. The highest BCUT2D eigenvalue weighted by Crippen LogP contribution is 2.43. The zero-order valence-corrected chi connectivity index (χ0v) is 13.4. The van der Waals surface area contributed by atoms with Crippen LogP contribution >= 0.6 is 12.2 Å². The summed E-state index contributed by atoms with van der Waals surface area (Å²) in [6.07, 6.45) is 0. The lowest BCUT2D eigenvalue weighted by Gasteiger charge is -2.05. The molecular weight excluding hydrogens is 340 g/mol. The number of nitrogens with one attached hydrogen (secondary N) is 1. The zero-order valence-electron chi connectivity index (χ0n) is 12.6. The molecule has 4 rings (SSSR count). The maximum atomic E-state index is 11.0. The van der Waals surface area contributed by atoms with Crippen molar-refractivity contribution in [2.24, 2.45) is 16.0 Å². The fourth-order valence-corrected chi connectivity index (χ4v) is 2.85. The number of hydrogen-bond acceptors (Lipinski definition) is 5. The minimum atomic E-state index is -0.452. The van der Waals surface area contributed by atoms with Gasteiger partial charge in [0.25, 0.3) is 5.69 Å². The lowest BCUT2D eigenvalue weighted by molar-refractivity contribution is -0.384. The third-order valence-electron chi connectivity index (χ3n) is 3.84. The van der Waals surface area contributed by atoms with Crippen molar-refractivity contribution in [2.45, 2.75) is 0 Å². The first-order valence-corrected chi connectivity index (χ1v) is 7.65. The van der Waals surface area contributed by atoms with Crippen LogP contribution in [0.1, 0.15) is 0 Å². The molecule has 0 unspecified atom stereocenters. The summed E-state index contributed by atoms with van der Waals surface area (Å²) in [5, 5.41) is 20.6. The number of nitro groups is 1. The second kappa shape index (κ2) is 5.56. The van der Waals surface area contributed by atoms with E-state index in [1.807, 2.05) is 24.3 Å². The third kappa shape index (κ3) is 2.46. The number of azo groups is 1. The molecule has 1 aliphatic carbocycles. The van der Waals surface area contributed by atoms with E-state index in [9.17, 15) is 10.1 Å². The molecule has 2 aromatic carbocycles. The number of H-pyrrole nitrogens is 1. The highest BCUT2D eigenvalue weighted by Gasteiger charge is 2.21. The van der Waals surface area contributed by atoms with Crippen LogP contribution in [0.3, 0.4) is 0 Å². The molecule has 2 aliphatic rings. The van der Waals surface area contributed by atoms with Gasteiger partial charge < -0.3 is 10.7 Å². The third-order valence-corrected chi connectivity index (χ3v) is 3.92. The molecule has 0 bridgehead atoms. The molecule has 0 atom stereocenters. The Morgan fingerprint density at radius 1 is 1.24 bits per heavy atom. The summed E-state index contributed by atoms with van der Waals surface area (Å²) in [4.78, 5) is 18.4. The Morgan fingerprint density at radius 3 is 2.72 bits per heavy atom. The number of thiocarbonyl (C=S) groups is 1. The molecule has 0 aromatic heterocycles. The van der Waals surface area contributed by atoms with Gasteiger partial charge in [0.2, 0.25) is 5.11 Å². The van der Waals surface area contributed by atoms with E-state index in [0.29, 0.717) is 28.1 Å². The van der Waals surface area contributed by atoms with E-state index < -0.39 is 4.92 Å². The number of non-ortho nitro benzene ring substituents is 1. The molecule has 9 heteroatoms. The molecule has 1 heterocycles. The van der Waals surface area contributed by atoms with E-state index in [2.05, 4.69) is 20.2 Å². The number of hydrogen-bond donors (Lipinski definition) is 2.